The van der Waals surface area contributed by atoms with E-state index in [2.05, 4.69) is 21.3 Å². The Morgan fingerprint density at radius 3 is 2.66 bits per heavy atom. The number of hydrogen-bond donors (Lipinski definition) is 2. The number of ether oxygens (including phenoxy) is 1. The van der Waals surface area contributed by atoms with Gasteiger partial charge in [-0.2, -0.15) is 13.2 Å². The number of hydrogen-bond acceptors (Lipinski definition) is 5. The minimum Gasteiger partial charge on any atom is -0.475 e. The standard InChI is InChI=1S/C19H24N4O2.C2HF3O2/c1-22-8-4-6-17(22)18(24)21-12-19-13-23(9-15(19)11-25-14-19)10-16-5-2-3-7-20-16;3-2(4,5)1(6)7/h2-8,15H,9-14H2,1H3,(H,21,24);(H,6,7)/t15-,19+;/m1./s1. The lowest BCUT2D eigenvalue weighted by Crippen LogP contribution is -2.43. The number of aliphatic carboxylic acids is 1. The van der Waals surface area contributed by atoms with Crippen molar-refractivity contribution in [3.8, 4) is 0 Å². The molecule has 8 nitrogen and oxygen atoms in total. The van der Waals surface area contributed by atoms with Gasteiger partial charge in [0.15, 0.2) is 0 Å². The molecule has 0 spiro atoms. The van der Waals surface area contributed by atoms with E-state index >= 15 is 0 Å². The van der Waals surface area contributed by atoms with Crippen molar-refractivity contribution >= 4 is 11.9 Å². The molecular formula is C21H25F3N4O4. The summed E-state index contributed by atoms with van der Waals surface area (Å²) in [6.07, 6.45) is -1.36. The third-order valence-electron chi connectivity index (χ3n) is 5.72. The normalized spacial score (nSPS) is 22.7. The van der Waals surface area contributed by atoms with Crippen LogP contribution in [-0.2, 0) is 23.1 Å². The zero-order chi connectivity index (χ0) is 23.4. The third-order valence-corrected chi connectivity index (χ3v) is 5.72. The zero-order valence-corrected chi connectivity index (χ0v) is 17.5. The highest BCUT2D eigenvalue weighted by molar-refractivity contribution is 5.92. The van der Waals surface area contributed by atoms with E-state index in [4.69, 9.17) is 14.6 Å². The van der Waals surface area contributed by atoms with Crippen LogP contribution >= 0.6 is 0 Å². The Balaban J connectivity index is 0.000000360. The van der Waals surface area contributed by atoms with Gasteiger partial charge in [-0.1, -0.05) is 6.07 Å². The van der Waals surface area contributed by atoms with Gasteiger partial charge in [0.1, 0.15) is 5.69 Å². The molecule has 0 aliphatic carbocycles. The molecule has 174 valence electrons. The minimum atomic E-state index is -5.08. The van der Waals surface area contributed by atoms with E-state index in [9.17, 15) is 18.0 Å². The average Bonchev–Trinajstić information content (AvgIpc) is 3.41. The molecule has 0 unspecified atom stereocenters. The Bertz CT molecular complexity index is 935. The number of fused-ring (bicyclic) bond motifs is 1. The largest absolute Gasteiger partial charge is 0.490 e. The first-order valence-corrected chi connectivity index (χ1v) is 10.0. The van der Waals surface area contributed by atoms with Crippen LogP contribution in [0.5, 0.6) is 0 Å². The molecule has 0 aromatic carbocycles. The fraction of sp³-hybridized carbons (Fsp3) is 0.476. The Kier molecular flexibility index (Phi) is 7.19. The van der Waals surface area contributed by atoms with Crippen LogP contribution in [0.2, 0.25) is 0 Å². The van der Waals surface area contributed by atoms with E-state index in [1.165, 1.54) is 0 Å². The maximum absolute atomic E-state index is 12.4. The van der Waals surface area contributed by atoms with Crippen LogP contribution in [0.4, 0.5) is 13.2 Å². The molecule has 2 aromatic heterocycles. The van der Waals surface area contributed by atoms with Crippen molar-refractivity contribution < 1.29 is 32.6 Å². The van der Waals surface area contributed by atoms with Crippen LogP contribution in [0, 0.1) is 11.3 Å². The molecule has 11 heteroatoms. The summed E-state index contributed by atoms with van der Waals surface area (Å²) in [6.45, 7) is 4.92. The second-order valence-corrected chi connectivity index (χ2v) is 8.06. The van der Waals surface area contributed by atoms with Gasteiger partial charge in [0.25, 0.3) is 5.91 Å². The first-order valence-electron chi connectivity index (χ1n) is 10.0. The van der Waals surface area contributed by atoms with Crippen molar-refractivity contribution in [2.24, 2.45) is 18.4 Å². The number of nitrogens with one attached hydrogen (secondary N) is 1. The number of alkyl halides is 3. The lowest BCUT2D eigenvalue weighted by Gasteiger charge is -2.27. The summed E-state index contributed by atoms with van der Waals surface area (Å²) in [4.78, 5) is 28.2. The number of nitrogens with zero attached hydrogens (tertiary/aromatic N) is 3. The number of carbonyl (C=O) groups excluding carboxylic acids is 1. The summed E-state index contributed by atoms with van der Waals surface area (Å²) in [7, 11) is 1.89. The average molecular weight is 454 g/mol. The fourth-order valence-corrected chi connectivity index (χ4v) is 4.08. The summed E-state index contributed by atoms with van der Waals surface area (Å²) >= 11 is 0. The maximum Gasteiger partial charge on any atom is 0.490 e. The van der Waals surface area contributed by atoms with Gasteiger partial charge in [-0.25, -0.2) is 4.79 Å². The van der Waals surface area contributed by atoms with Gasteiger partial charge in [0.2, 0.25) is 0 Å². The molecule has 2 aliphatic heterocycles. The van der Waals surface area contributed by atoms with Crippen molar-refractivity contribution in [3.63, 3.8) is 0 Å². The molecule has 2 aromatic rings. The van der Waals surface area contributed by atoms with Crippen LogP contribution < -0.4 is 5.32 Å². The summed E-state index contributed by atoms with van der Waals surface area (Å²) in [5, 5.41) is 10.3. The number of carboxylic acids is 1. The molecule has 2 aliphatic rings. The predicted octanol–water partition coefficient (Wildman–Crippen LogP) is 1.93. The lowest BCUT2D eigenvalue weighted by atomic mass is 9.81. The summed E-state index contributed by atoms with van der Waals surface area (Å²) in [5.74, 6) is -2.31. The highest BCUT2D eigenvalue weighted by atomic mass is 19.4. The van der Waals surface area contributed by atoms with E-state index in [-0.39, 0.29) is 11.3 Å². The Morgan fingerprint density at radius 1 is 1.31 bits per heavy atom. The van der Waals surface area contributed by atoms with Crippen LogP contribution in [0.25, 0.3) is 0 Å². The number of carbonyl (C=O) groups is 2. The number of pyridine rings is 1. The molecule has 4 rings (SSSR count). The van der Waals surface area contributed by atoms with E-state index in [0.29, 0.717) is 24.8 Å². The Morgan fingerprint density at radius 2 is 2.06 bits per heavy atom. The van der Waals surface area contributed by atoms with Crippen molar-refractivity contribution in [2.75, 3.05) is 32.8 Å². The second-order valence-electron chi connectivity index (χ2n) is 8.06. The molecule has 0 saturated carbocycles. The minimum absolute atomic E-state index is 0.00953. The second kappa shape index (κ2) is 9.70. The van der Waals surface area contributed by atoms with Crippen LogP contribution in [0.15, 0.2) is 42.7 Å². The SMILES string of the molecule is Cn1cccc1C(=O)NC[C@]12COC[C@H]1CN(Cc1ccccn1)C2.O=C(O)C(F)(F)F. The summed E-state index contributed by atoms with van der Waals surface area (Å²) < 4.78 is 39.3. The van der Waals surface area contributed by atoms with Crippen molar-refractivity contribution in [3.05, 3.63) is 54.1 Å². The van der Waals surface area contributed by atoms with Crippen molar-refractivity contribution in [1.82, 2.24) is 19.8 Å². The van der Waals surface area contributed by atoms with Gasteiger partial charge in [0.05, 0.1) is 18.9 Å². The molecule has 2 N–H and O–H groups in total. The highest BCUT2D eigenvalue weighted by Gasteiger charge is 2.50. The van der Waals surface area contributed by atoms with E-state index in [1.54, 1.807) is 0 Å². The van der Waals surface area contributed by atoms with Gasteiger partial charge in [-0.3, -0.25) is 14.7 Å². The Labute approximate surface area is 183 Å². The van der Waals surface area contributed by atoms with Crippen molar-refractivity contribution in [1.29, 1.82) is 0 Å². The fourth-order valence-electron chi connectivity index (χ4n) is 4.08. The maximum atomic E-state index is 12.4. The summed E-state index contributed by atoms with van der Waals surface area (Å²) in [6, 6.07) is 9.76. The van der Waals surface area contributed by atoms with Crippen molar-refractivity contribution in [2.45, 2.75) is 12.7 Å². The summed E-state index contributed by atoms with van der Waals surface area (Å²) in [5.41, 5.74) is 1.79. The Hall–Kier alpha value is -2.92. The number of aryl methyl sites for hydroxylation is 1. The highest BCUT2D eigenvalue weighted by Crippen LogP contribution is 2.41. The lowest BCUT2D eigenvalue weighted by molar-refractivity contribution is -0.192. The molecule has 32 heavy (non-hydrogen) atoms. The zero-order valence-electron chi connectivity index (χ0n) is 17.5. The molecular weight excluding hydrogens is 429 g/mol. The van der Waals surface area contributed by atoms with E-state index in [1.807, 2.05) is 48.3 Å². The first kappa shape index (κ1) is 23.7. The number of amides is 1. The molecule has 0 bridgehead atoms. The topological polar surface area (TPSA) is 96.7 Å². The van der Waals surface area contributed by atoms with Gasteiger partial charge in [0, 0.05) is 57.0 Å². The molecule has 2 atom stereocenters. The molecule has 0 radical (unpaired) electrons. The quantitative estimate of drug-likeness (QED) is 0.717. The van der Waals surface area contributed by atoms with Crippen LogP contribution in [0.3, 0.4) is 0 Å². The number of likely N-dealkylation sites (tertiary alicyclic amines) is 1. The van der Waals surface area contributed by atoms with E-state index < -0.39 is 12.1 Å². The number of carboxylic acid groups (broad SMARTS) is 1. The van der Waals surface area contributed by atoms with Gasteiger partial charge in [-0.05, 0) is 24.3 Å². The molecule has 2 fully saturated rings. The van der Waals surface area contributed by atoms with E-state index in [0.717, 1.165) is 31.9 Å². The molecule has 4 heterocycles. The van der Waals surface area contributed by atoms with Gasteiger partial charge >= 0.3 is 12.1 Å². The van der Waals surface area contributed by atoms with Crippen LogP contribution in [0.1, 0.15) is 16.2 Å². The number of rotatable bonds is 5. The predicted molar refractivity (Wildman–Crippen MR) is 108 cm³/mol. The third kappa shape index (κ3) is 5.65. The first-order chi connectivity index (χ1) is 15.1. The molecule has 2 saturated heterocycles. The monoisotopic (exact) mass is 454 g/mol. The van der Waals surface area contributed by atoms with Crippen LogP contribution in [-0.4, -0.2) is 70.5 Å². The molecule has 1 amide bonds. The number of aromatic nitrogens is 2. The number of halogens is 3. The van der Waals surface area contributed by atoms with Gasteiger partial charge in [-0.15, -0.1) is 0 Å². The smallest absolute Gasteiger partial charge is 0.475 e. The van der Waals surface area contributed by atoms with Gasteiger partial charge < -0.3 is 19.7 Å².